The molecule has 0 unspecified atom stereocenters. The Morgan fingerprint density at radius 1 is 0.947 bits per heavy atom. The fourth-order valence-corrected chi connectivity index (χ4v) is 2.38. The first kappa shape index (κ1) is 18.5. The Bertz CT molecular complexity index is 213. The molecule has 0 aromatic rings. The van der Waals surface area contributed by atoms with Crippen molar-refractivity contribution in [3.05, 3.63) is 0 Å². The van der Waals surface area contributed by atoms with Gasteiger partial charge in [-0.3, -0.25) is 4.79 Å². The molecule has 0 rings (SSSR count). The Morgan fingerprint density at radius 3 is 2.21 bits per heavy atom. The molecular formula is C17H34O2. The molecule has 2 nitrogen and oxygen atoms in total. The van der Waals surface area contributed by atoms with Gasteiger partial charge in [-0.05, 0) is 32.1 Å². The van der Waals surface area contributed by atoms with Crippen LogP contribution in [0.1, 0.15) is 91.9 Å². The van der Waals surface area contributed by atoms with E-state index in [1.807, 2.05) is 6.92 Å². The lowest BCUT2D eigenvalue weighted by atomic mass is 9.93. The Morgan fingerprint density at radius 2 is 1.63 bits per heavy atom. The fraction of sp³-hybridized carbons (Fsp3) is 0.941. The van der Waals surface area contributed by atoms with E-state index in [1.165, 1.54) is 32.1 Å². The van der Waals surface area contributed by atoms with Crippen molar-refractivity contribution in [2.75, 3.05) is 0 Å². The lowest BCUT2D eigenvalue weighted by Crippen LogP contribution is -2.16. The number of carbonyl (C=O) groups excluding carboxylic acids is 1. The average Bonchev–Trinajstić information content (AvgIpc) is 2.39. The van der Waals surface area contributed by atoms with Crippen molar-refractivity contribution in [2.45, 2.75) is 98.0 Å². The zero-order chi connectivity index (χ0) is 14.5. The minimum absolute atomic E-state index is 0.0115. The summed E-state index contributed by atoms with van der Waals surface area (Å²) in [4.78, 5) is 11.6. The number of hydrogen-bond donors (Lipinski definition) is 0. The molecule has 0 fully saturated rings. The molecule has 0 radical (unpaired) electrons. The van der Waals surface area contributed by atoms with Gasteiger partial charge < -0.3 is 4.74 Å². The van der Waals surface area contributed by atoms with E-state index in [2.05, 4.69) is 20.8 Å². The lowest BCUT2D eigenvalue weighted by molar-refractivity contribution is -0.148. The highest BCUT2D eigenvalue weighted by molar-refractivity contribution is 5.69. The van der Waals surface area contributed by atoms with Gasteiger partial charge in [-0.15, -0.1) is 0 Å². The van der Waals surface area contributed by atoms with Crippen LogP contribution in [0.15, 0.2) is 0 Å². The Labute approximate surface area is 120 Å². The minimum Gasteiger partial charge on any atom is -0.463 e. The minimum atomic E-state index is -0.0115. The Balaban J connectivity index is 3.71. The molecule has 0 amide bonds. The second-order valence-corrected chi connectivity index (χ2v) is 5.75. The van der Waals surface area contributed by atoms with Gasteiger partial charge in [0.15, 0.2) is 0 Å². The Kier molecular flexibility index (Phi) is 12.2. The summed E-state index contributed by atoms with van der Waals surface area (Å²) in [5.41, 5.74) is 0. The van der Waals surface area contributed by atoms with E-state index < -0.39 is 0 Å². The van der Waals surface area contributed by atoms with Crippen molar-refractivity contribution in [1.29, 1.82) is 0 Å². The molecule has 0 heterocycles. The molecule has 0 aliphatic heterocycles. The summed E-state index contributed by atoms with van der Waals surface area (Å²) in [6.45, 7) is 8.69. The van der Waals surface area contributed by atoms with Crippen molar-refractivity contribution in [2.24, 2.45) is 5.92 Å². The smallest absolute Gasteiger partial charge is 0.306 e. The van der Waals surface area contributed by atoms with Gasteiger partial charge in [0.25, 0.3) is 0 Å². The molecule has 0 saturated heterocycles. The van der Waals surface area contributed by atoms with E-state index in [0.717, 1.165) is 31.6 Å². The number of hydrogen-bond acceptors (Lipinski definition) is 2. The van der Waals surface area contributed by atoms with Gasteiger partial charge in [-0.2, -0.15) is 0 Å². The van der Waals surface area contributed by atoms with Crippen LogP contribution in [-0.2, 0) is 9.53 Å². The normalized spacial score (nSPS) is 14.1. The third-order valence-electron chi connectivity index (χ3n) is 3.84. The number of esters is 1. The average molecular weight is 270 g/mol. The van der Waals surface area contributed by atoms with Crippen LogP contribution in [0.25, 0.3) is 0 Å². The van der Waals surface area contributed by atoms with E-state index in [0.29, 0.717) is 6.42 Å². The van der Waals surface area contributed by atoms with Gasteiger partial charge in [0.1, 0.15) is 0 Å². The van der Waals surface area contributed by atoms with Gasteiger partial charge in [-0.25, -0.2) is 0 Å². The summed E-state index contributed by atoms with van der Waals surface area (Å²) in [5, 5.41) is 0. The van der Waals surface area contributed by atoms with Crippen LogP contribution >= 0.6 is 0 Å². The van der Waals surface area contributed by atoms with Crippen LogP contribution < -0.4 is 0 Å². The van der Waals surface area contributed by atoms with Crippen molar-refractivity contribution in [3.8, 4) is 0 Å². The number of carbonyl (C=O) groups is 1. The third kappa shape index (κ3) is 11.0. The van der Waals surface area contributed by atoms with E-state index in [9.17, 15) is 4.79 Å². The molecular weight excluding hydrogens is 236 g/mol. The van der Waals surface area contributed by atoms with Crippen LogP contribution in [0.2, 0.25) is 0 Å². The largest absolute Gasteiger partial charge is 0.463 e. The monoisotopic (exact) mass is 270 g/mol. The maximum absolute atomic E-state index is 11.6. The summed E-state index contributed by atoms with van der Waals surface area (Å²) in [6, 6.07) is 0. The maximum atomic E-state index is 11.6. The van der Waals surface area contributed by atoms with E-state index in [-0.39, 0.29) is 12.1 Å². The van der Waals surface area contributed by atoms with Crippen molar-refractivity contribution < 1.29 is 9.53 Å². The SMILES string of the molecule is CCCCCC(=O)O[C@H](C)CC[C@@H](CC)CCCC. The molecule has 0 aliphatic rings. The molecule has 114 valence electrons. The van der Waals surface area contributed by atoms with Crippen molar-refractivity contribution in [1.82, 2.24) is 0 Å². The standard InChI is InChI=1S/C17H34O2/c1-5-8-10-12-17(18)19-15(4)13-14-16(7-3)11-9-6-2/h15-16H,5-14H2,1-4H3/t15-,16+/m1/s1. The summed E-state index contributed by atoms with van der Waals surface area (Å²) in [6.07, 6.45) is 11.3. The van der Waals surface area contributed by atoms with Gasteiger partial charge >= 0.3 is 5.97 Å². The molecule has 0 bridgehead atoms. The van der Waals surface area contributed by atoms with E-state index >= 15 is 0 Å². The van der Waals surface area contributed by atoms with Crippen molar-refractivity contribution in [3.63, 3.8) is 0 Å². The highest BCUT2D eigenvalue weighted by Crippen LogP contribution is 2.20. The third-order valence-corrected chi connectivity index (χ3v) is 3.84. The Hall–Kier alpha value is -0.530. The second-order valence-electron chi connectivity index (χ2n) is 5.75. The molecule has 0 aliphatic carbocycles. The number of unbranched alkanes of at least 4 members (excludes halogenated alkanes) is 3. The quantitative estimate of drug-likeness (QED) is 0.346. The van der Waals surface area contributed by atoms with Gasteiger partial charge in [0.05, 0.1) is 6.10 Å². The first-order chi connectivity index (χ1) is 9.13. The molecule has 0 N–H and O–H groups in total. The van der Waals surface area contributed by atoms with E-state index in [4.69, 9.17) is 4.74 Å². The zero-order valence-corrected chi connectivity index (χ0v) is 13.5. The van der Waals surface area contributed by atoms with Crippen LogP contribution in [0.5, 0.6) is 0 Å². The predicted molar refractivity (Wildman–Crippen MR) is 82.2 cm³/mol. The summed E-state index contributed by atoms with van der Waals surface area (Å²) in [5.74, 6) is 0.795. The van der Waals surface area contributed by atoms with Gasteiger partial charge in [0.2, 0.25) is 0 Å². The van der Waals surface area contributed by atoms with Gasteiger partial charge in [0, 0.05) is 6.42 Å². The van der Waals surface area contributed by atoms with Crippen molar-refractivity contribution >= 4 is 5.97 Å². The topological polar surface area (TPSA) is 26.3 Å². The van der Waals surface area contributed by atoms with Gasteiger partial charge in [-0.1, -0.05) is 59.3 Å². The van der Waals surface area contributed by atoms with Crippen LogP contribution in [0, 0.1) is 5.92 Å². The molecule has 0 saturated carbocycles. The zero-order valence-electron chi connectivity index (χ0n) is 13.5. The highest BCUT2D eigenvalue weighted by Gasteiger charge is 2.12. The highest BCUT2D eigenvalue weighted by atomic mass is 16.5. The van der Waals surface area contributed by atoms with Crippen LogP contribution in [0.4, 0.5) is 0 Å². The van der Waals surface area contributed by atoms with E-state index in [1.54, 1.807) is 0 Å². The molecule has 2 atom stereocenters. The fourth-order valence-electron chi connectivity index (χ4n) is 2.38. The first-order valence-electron chi connectivity index (χ1n) is 8.33. The number of rotatable bonds is 12. The summed E-state index contributed by atoms with van der Waals surface area (Å²) >= 11 is 0. The first-order valence-corrected chi connectivity index (χ1v) is 8.33. The second kappa shape index (κ2) is 12.5. The summed E-state index contributed by atoms with van der Waals surface area (Å²) in [7, 11) is 0. The summed E-state index contributed by atoms with van der Waals surface area (Å²) < 4.78 is 5.46. The van der Waals surface area contributed by atoms with Crippen LogP contribution in [0.3, 0.4) is 0 Å². The molecule has 0 spiro atoms. The molecule has 0 aromatic heterocycles. The molecule has 19 heavy (non-hydrogen) atoms. The molecule has 2 heteroatoms. The predicted octanol–water partition coefficient (Wildman–Crippen LogP) is 5.50. The van der Waals surface area contributed by atoms with Crippen LogP contribution in [-0.4, -0.2) is 12.1 Å². The maximum Gasteiger partial charge on any atom is 0.306 e. The molecule has 0 aromatic carbocycles. The lowest BCUT2D eigenvalue weighted by Gasteiger charge is -2.18. The number of ether oxygens (including phenoxy) is 1.